The number of rotatable bonds is 6. The molecule has 0 aliphatic carbocycles. The normalized spacial score (nSPS) is 18.4. The summed E-state index contributed by atoms with van der Waals surface area (Å²) in [5, 5.41) is 17.2. The number of hydrogen-bond acceptors (Lipinski definition) is 7. The van der Waals surface area contributed by atoms with E-state index in [0.717, 1.165) is 28.8 Å². The van der Waals surface area contributed by atoms with E-state index in [-0.39, 0.29) is 35.9 Å². The molecule has 2 aromatic heterocycles. The third kappa shape index (κ3) is 4.99. The number of benzene rings is 2. The monoisotopic (exact) mass is 533 g/mol. The number of ether oxygens (including phenoxy) is 2. The number of alkyl halides is 2. The Balaban J connectivity index is 1.54. The number of hydrogen-bond donors (Lipinski definition) is 2. The molecule has 37 heavy (non-hydrogen) atoms. The highest BCUT2D eigenvalue weighted by Crippen LogP contribution is 2.37. The molecule has 1 aliphatic rings. The first-order valence-corrected chi connectivity index (χ1v) is 11.8. The number of aryl methyl sites for hydroxylation is 2. The number of fused-ring (bicyclic) bond motifs is 1. The van der Waals surface area contributed by atoms with Crippen LogP contribution in [0.25, 0.3) is 22.3 Å². The SMILES string of the molecule is Cc1cc(-c2ncnn2C)c2cccc(OCc3c(Cl)cc(F)cc3[C@H]3NCCOC3C(O)(F)F)c2n1. The lowest BCUT2D eigenvalue weighted by Gasteiger charge is -2.36. The van der Waals surface area contributed by atoms with Crippen molar-refractivity contribution in [1.29, 1.82) is 0 Å². The number of aliphatic hydroxyl groups is 1. The van der Waals surface area contributed by atoms with Gasteiger partial charge in [0.05, 0.1) is 17.7 Å². The summed E-state index contributed by atoms with van der Waals surface area (Å²) in [4.78, 5) is 8.98. The van der Waals surface area contributed by atoms with Crippen molar-refractivity contribution >= 4 is 22.5 Å². The number of halogens is 4. The smallest absolute Gasteiger partial charge is 0.381 e. The largest absolute Gasteiger partial charge is 0.487 e. The molecule has 0 spiro atoms. The Kier molecular flexibility index (Phi) is 6.80. The maximum atomic E-state index is 14.3. The van der Waals surface area contributed by atoms with Crippen molar-refractivity contribution in [3.63, 3.8) is 0 Å². The number of morpholine rings is 1. The highest BCUT2D eigenvalue weighted by atomic mass is 35.5. The fraction of sp³-hybridized carbons (Fsp3) is 0.320. The van der Waals surface area contributed by atoms with Crippen molar-refractivity contribution in [3.8, 4) is 17.1 Å². The summed E-state index contributed by atoms with van der Waals surface area (Å²) in [5.74, 6) is 0.343. The molecular weight excluding hydrogens is 511 g/mol. The van der Waals surface area contributed by atoms with Gasteiger partial charge in [-0.3, -0.25) is 0 Å². The van der Waals surface area contributed by atoms with E-state index in [4.69, 9.17) is 21.1 Å². The zero-order chi connectivity index (χ0) is 26.3. The fourth-order valence-electron chi connectivity index (χ4n) is 4.57. The summed E-state index contributed by atoms with van der Waals surface area (Å²) in [5.41, 5.74) is 2.47. The highest BCUT2D eigenvalue weighted by molar-refractivity contribution is 6.31. The maximum Gasteiger partial charge on any atom is 0.381 e. The summed E-state index contributed by atoms with van der Waals surface area (Å²) in [7, 11) is 1.79. The van der Waals surface area contributed by atoms with E-state index >= 15 is 0 Å². The van der Waals surface area contributed by atoms with E-state index in [0.29, 0.717) is 17.1 Å². The molecule has 1 saturated heterocycles. The van der Waals surface area contributed by atoms with Crippen molar-refractivity contribution in [2.45, 2.75) is 31.8 Å². The minimum Gasteiger partial charge on any atom is -0.487 e. The molecule has 2 aromatic carbocycles. The van der Waals surface area contributed by atoms with E-state index in [1.165, 1.54) is 6.33 Å². The average Bonchev–Trinajstić information content (AvgIpc) is 3.27. The number of nitrogens with one attached hydrogen (secondary N) is 1. The van der Waals surface area contributed by atoms with Crippen molar-refractivity contribution in [2.24, 2.45) is 7.05 Å². The predicted octanol–water partition coefficient (Wildman–Crippen LogP) is 4.32. The Labute approximate surface area is 215 Å². The third-order valence-electron chi connectivity index (χ3n) is 6.19. The van der Waals surface area contributed by atoms with E-state index in [2.05, 4.69) is 20.4 Å². The lowest BCUT2D eigenvalue weighted by atomic mass is 9.94. The van der Waals surface area contributed by atoms with E-state index in [1.54, 1.807) is 23.9 Å². The first-order chi connectivity index (χ1) is 17.6. The molecule has 0 amide bonds. The lowest BCUT2D eigenvalue weighted by molar-refractivity contribution is -0.284. The summed E-state index contributed by atoms with van der Waals surface area (Å²) in [6.45, 7) is 1.85. The van der Waals surface area contributed by atoms with Gasteiger partial charge in [-0.1, -0.05) is 23.7 Å². The molecule has 1 aliphatic heterocycles. The van der Waals surface area contributed by atoms with E-state index in [9.17, 15) is 18.3 Å². The van der Waals surface area contributed by atoms with Crippen LogP contribution in [0.5, 0.6) is 5.75 Å². The molecule has 2 atom stereocenters. The van der Waals surface area contributed by atoms with Gasteiger partial charge in [0.15, 0.2) is 11.9 Å². The van der Waals surface area contributed by atoms with Crippen LogP contribution in [-0.4, -0.2) is 50.2 Å². The number of pyridine rings is 1. The standard InChI is InChI=1S/C25H23ClF3N5O3/c1-13-8-17(24-31-12-32-34(24)2)15-4-3-5-20(21(15)33-13)37-11-18-16(9-14(27)10-19(18)26)22-23(25(28,29)35)36-7-6-30-22/h3-5,8-10,12,22-23,30,35H,6-7,11H2,1-2H3/t22-,23?/m1/s1. The van der Waals surface area contributed by atoms with Crippen LogP contribution in [0.15, 0.2) is 42.7 Å². The van der Waals surface area contributed by atoms with Gasteiger partial charge >= 0.3 is 6.11 Å². The maximum absolute atomic E-state index is 14.3. The van der Waals surface area contributed by atoms with Crippen LogP contribution in [0, 0.1) is 12.7 Å². The summed E-state index contributed by atoms with van der Waals surface area (Å²) < 4.78 is 55.1. The van der Waals surface area contributed by atoms with Crippen LogP contribution >= 0.6 is 11.6 Å². The molecule has 194 valence electrons. The Hall–Kier alpha value is -3.25. The highest BCUT2D eigenvalue weighted by Gasteiger charge is 2.46. The van der Waals surface area contributed by atoms with Crippen LogP contribution < -0.4 is 10.1 Å². The van der Waals surface area contributed by atoms with Gasteiger partial charge in [-0.2, -0.15) is 13.9 Å². The van der Waals surface area contributed by atoms with Crippen molar-refractivity contribution < 1.29 is 27.8 Å². The van der Waals surface area contributed by atoms with Gasteiger partial charge in [-0.05, 0) is 36.8 Å². The number of para-hydroxylation sites is 1. The molecule has 1 unspecified atom stereocenters. The zero-order valence-corrected chi connectivity index (χ0v) is 20.6. The molecule has 1 fully saturated rings. The van der Waals surface area contributed by atoms with Gasteiger partial charge in [-0.15, -0.1) is 0 Å². The molecule has 0 saturated carbocycles. The van der Waals surface area contributed by atoms with Gasteiger partial charge in [0.1, 0.15) is 30.0 Å². The first kappa shape index (κ1) is 25.4. The molecule has 0 radical (unpaired) electrons. The Morgan fingerprint density at radius 2 is 2.11 bits per heavy atom. The third-order valence-corrected chi connectivity index (χ3v) is 6.53. The minimum absolute atomic E-state index is 0.00784. The molecule has 8 nitrogen and oxygen atoms in total. The lowest BCUT2D eigenvalue weighted by Crippen LogP contribution is -2.51. The van der Waals surface area contributed by atoms with Gasteiger partial charge in [0.2, 0.25) is 0 Å². The fourth-order valence-corrected chi connectivity index (χ4v) is 4.84. The molecule has 5 rings (SSSR count). The molecule has 2 N–H and O–H groups in total. The number of aromatic nitrogens is 4. The minimum atomic E-state index is -4.16. The first-order valence-electron chi connectivity index (χ1n) is 11.4. The molecule has 3 heterocycles. The van der Waals surface area contributed by atoms with Gasteiger partial charge in [-0.25, -0.2) is 19.0 Å². The van der Waals surface area contributed by atoms with Crippen LogP contribution in [0.4, 0.5) is 13.2 Å². The van der Waals surface area contributed by atoms with Crippen LogP contribution in [-0.2, 0) is 18.4 Å². The van der Waals surface area contributed by atoms with E-state index < -0.39 is 24.1 Å². The molecule has 0 bridgehead atoms. The Bertz CT molecular complexity index is 1460. The van der Waals surface area contributed by atoms with Gasteiger partial charge in [0.25, 0.3) is 0 Å². The topological polar surface area (TPSA) is 94.3 Å². The second-order valence-corrected chi connectivity index (χ2v) is 9.13. The van der Waals surface area contributed by atoms with Crippen LogP contribution in [0.2, 0.25) is 5.02 Å². The van der Waals surface area contributed by atoms with Crippen molar-refractivity contribution in [1.82, 2.24) is 25.1 Å². The summed E-state index contributed by atoms with van der Waals surface area (Å²) >= 11 is 6.36. The van der Waals surface area contributed by atoms with Crippen LogP contribution in [0.1, 0.15) is 22.9 Å². The second kappa shape index (κ2) is 9.90. The van der Waals surface area contributed by atoms with Gasteiger partial charge in [0, 0.05) is 35.8 Å². The average molecular weight is 534 g/mol. The van der Waals surface area contributed by atoms with Gasteiger partial charge < -0.3 is 19.9 Å². The molecule has 12 heteroatoms. The quantitative estimate of drug-likeness (QED) is 0.381. The molecular formula is C25H23ClF3N5O3. The molecule has 4 aromatic rings. The van der Waals surface area contributed by atoms with E-state index in [1.807, 2.05) is 19.1 Å². The zero-order valence-electron chi connectivity index (χ0n) is 19.9. The number of nitrogens with zero attached hydrogens (tertiary/aromatic N) is 4. The van der Waals surface area contributed by atoms with Crippen LogP contribution in [0.3, 0.4) is 0 Å². The van der Waals surface area contributed by atoms with Crippen molar-refractivity contribution in [3.05, 3.63) is 70.4 Å². The summed E-state index contributed by atoms with van der Waals surface area (Å²) in [6.07, 6.45) is -4.64. The Morgan fingerprint density at radius 3 is 2.84 bits per heavy atom. The predicted molar refractivity (Wildman–Crippen MR) is 130 cm³/mol. The Morgan fingerprint density at radius 1 is 1.30 bits per heavy atom. The summed E-state index contributed by atoms with van der Waals surface area (Å²) in [6, 6.07) is 8.24. The van der Waals surface area contributed by atoms with Crippen molar-refractivity contribution in [2.75, 3.05) is 13.2 Å². The second-order valence-electron chi connectivity index (χ2n) is 8.73.